The molecule has 6 heteroatoms. The highest BCUT2D eigenvalue weighted by atomic mass is 79.9. The Morgan fingerprint density at radius 1 is 1.45 bits per heavy atom. The van der Waals surface area contributed by atoms with Crippen molar-refractivity contribution in [2.45, 2.75) is 19.3 Å². The van der Waals surface area contributed by atoms with Crippen LogP contribution in [0.15, 0.2) is 27.2 Å². The third kappa shape index (κ3) is 3.05. The molecule has 1 aliphatic heterocycles. The quantitative estimate of drug-likeness (QED) is 0.911. The van der Waals surface area contributed by atoms with Gasteiger partial charge < -0.3 is 9.84 Å². The van der Waals surface area contributed by atoms with E-state index in [1.54, 1.807) is 0 Å². The minimum atomic E-state index is 0.482. The van der Waals surface area contributed by atoms with E-state index in [0.717, 1.165) is 35.4 Å². The van der Waals surface area contributed by atoms with Gasteiger partial charge in [0, 0.05) is 10.9 Å². The molecular weight excluding hydrogens is 342 g/mol. The van der Waals surface area contributed by atoms with Gasteiger partial charge in [-0.2, -0.15) is 4.98 Å². The molecule has 0 amide bonds. The molecule has 0 saturated carbocycles. The molecule has 1 aromatic carbocycles. The molecule has 1 atom stereocenters. The Hall–Kier alpha value is -0.910. The third-order valence-corrected chi connectivity index (χ3v) is 4.82. The standard InChI is InChI=1S/C14H15BrClN3O/c15-11-5-1-4-10(13(11)16)14-18-12(19-20-14)7-9-3-2-6-17-8-9/h1,4-5,9,17H,2-3,6-8H2. The summed E-state index contributed by atoms with van der Waals surface area (Å²) in [7, 11) is 0. The van der Waals surface area contributed by atoms with Crippen molar-refractivity contribution >= 4 is 27.5 Å². The van der Waals surface area contributed by atoms with Crippen LogP contribution in [0, 0.1) is 5.92 Å². The minimum absolute atomic E-state index is 0.482. The van der Waals surface area contributed by atoms with Crippen LogP contribution in [0.1, 0.15) is 18.7 Å². The molecule has 0 aliphatic carbocycles. The Bertz CT molecular complexity index is 596. The normalized spacial score (nSPS) is 19.2. The Morgan fingerprint density at radius 2 is 2.35 bits per heavy atom. The number of nitrogens with one attached hydrogen (secondary N) is 1. The molecule has 1 N–H and O–H groups in total. The fourth-order valence-corrected chi connectivity index (χ4v) is 3.04. The molecule has 1 fully saturated rings. The van der Waals surface area contributed by atoms with Gasteiger partial charge in [0.15, 0.2) is 5.82 Å². The topological polar surface area (TPSA) is 51.0 Å². The predicted molar refractivity (Wildman–Crippen MR) is 81.7 cm³/mol. The summed E-state index contributed by atoms with van der Waals surface area (Å²) >= 11 is 9.64. The molecule has 0 bridgehead atoms. The van der Waals surface area contributed by atoms with Gasteiger partial charge in [0.05, 0.1) is 10.6 Å². The van der Waals surface area contributed by atoms with Crippen LogP contribution < -0.4 is 5.32 Å². The summed E-state index contributed by atoms with van der Waals surface area (Å²) in [4.78, 5) is 4.47. The molecule has 3 rings (SSSR count). The zero-order valence-electron chi connectivity index (χ0n) is 10.9. The van der Waals surface area contributed by atoms with Gasteiger partial charge >= 0.3 is 0 Å². The van der Waals surface area contributed by atoms with Crippen LogP contribution in [0.25, 0.3) is 11.5 Å². The third-order valence-electron chi connectivity index (χ3n) is 3.52. The highest BCUT2D eigenvalue weighted by Gasteiger charge is 2.18. The molecule has 2 heterocycles. The molecule has 1 aromatic heterocycles. The number of benzene rings is 1. The lowest BCUT2D eigenvalue weighted by molar-refractivity contribution is 0.360. The molecule has 0 spiro atoms. The van der Waals surface area contributed by atoms with E-state index in [-0.39, 0.29) is 0 Å². The summed E-state index contributed by atoms with van der Waals surface area (Å²) in [5, 5.41) is 8.07. The molecule has 4 nitrogen and oxygen atoms in total. The summed E-state index contributed by atoms with van der Waals surface area (Å²) < 4.78 is 6.17. The van der Waals surface area contributed by atoms with Crippen molar-refractivity contribution < 1.29 is 4.52 Å². The van der Waals surface area contributed by atoms with Crippen LogP contribution >= 0.6 is 27.5 Å². The number of aromatic nitrogens is 2. The summed E-state index contributed by atoms with van der Waals surface area (Å²) in [5.41, 5.74) is 0.765. The second-order valence-corrected chi connectivity index (χ2v) is 6.27. The first-order valence-corrected chi connectivity index (χ1v) is 7.89. The average molecular weight is 357 g/mol. The SMILES string of the molecule is Clc1c(Br)cccc1-c1nc(CC2CCCNC2)no1. The highest BCUT2D eigenvalue weighted by molar-refractivity contribution is 9.10. The summed E-state index contributed by atoms with van der Waals surface area (Å²) in [6.45, 7) is 2.14. The van der Waals surface area contributed by atoms with Crippen LogP contribution in [0.4, 0.5) is 0 Å². The van der Waals surface area contributed by atoms with Gasteiger partial charge in [0.1, 0.15) is 0 Å². The van der Waals surface area contributed by atoms with E-state index >= 15 is 0 Å². The molecule has 106 valence electrons. The lowest BCUT2D eigenvalue weighted by Crippen LogP contribution is -2.31. The first-order valence-electron chi connectivity index (χ1n) is 6.71. The number of nitrogens with zero attached hydrogens (tertiary/aromatic N) is 2. The molecular formula is C14H15BrClN3O. The van der Waals surface area contributed by atoms with Gasteiger partial charge in [-0.1, -0.05) is 22.8 Å². The van der Waals surface area contributed by atoms with E-state index in [1.165, 1.54) is 12.8 Å². The van der Waals surface area contributed by atoms with E-state index in [4.69, 9.17) is 16.1 Å². The smallest absolute Gasteiger partial charge is 0.259 e. The highest BCUT2D eigenvalue weighted by Crippen LogP contribution is 2.32. The predicted octanol–water partition coefficient (Wildman–Crippen LogP) is 3.69. The number of halogens is 2. The number of piperidine rings is 1. The maximum Gasteiger partial charge on any atom is 0.259 e. The second-order valence-electron chi connectivity index (χ2n) is 5.03. The van der Waals surface area contributed by atoms with Crippen molar-refractivity contribution in [3.8, 4) is 11.5 Å². The fourth-order valence-electron chi connectivity index (χ4n) is 2.47. The largest absolute Gasteiger partial charge is 0.334 e. The first-order chi connectivity index (χ1) is 9.74. The lowest BCUT2D eigenvalue weighted by atomic mass is 9.96. The summed E-state index contributed by atoms with van der Waals surface area (Å²) in [6, 6.07) is 5.67. The molecule has 1 unspecified atom stereocenters. The number of hydrogen-bond acceptors (Lipinski definition) is 4. The molecule has 20 heavy (non-hydrogen) atoms. The van der Waals surface area contributed by atoms with Crippen molar-refractivity contribution in [3.63, 3.8) is 0 Å². The molecule has 1 saturated heterocycles. The maximum absolute atomic E-state index is 6.24. The minimum Gasteiger partial charge on any atom is -0.334 e. The summed E-state index contributed by atoms with van der Waals surface area (Å²) in [5.74, 6) is 1.83. The van der Waals surface area contributed by atoms with Gasteiger partial charge in [-0.25, -0.2) is 0 Å². The maximum atomic E-state index is 6.24. The van der Waals surface area contributed by atoms with E-state index in [9.17, 15) is 0 Å². The number of rotatable bonds is 3. The Kier molecular flexibility index (Phi) is 4.38. The molecule has 0 radical (unpaired) electrons. The monoisotopic (exact) mass is 355 g/mol. The van der Waals surface area contributed by atoms with Crippen molar-refractivity contribution in [1.82, 2.24) is 15.5 Å². The van der Waals surface area contributed by atoms with Gasteiger partial charge in [0.2, 0.25) is 0 Å². The van der Waals surface area contributed by atoms with Crippen molar-refractivity contribution in [2.24, 2.45) is 5.92 Å². The molecule has 1 aliphatic rings. The van der Waals surface area contributed by atoms with Gasteiger partial charge in [0.25, 0.3) is 5.89 Å². The molecule has 2 aromatic rings. The number of hydrogen-bond donors (Lipinski definition) is 1. The van der Waals surface area contributed by atoms with Crippen LogP contribution in [-0.4, -0.2) is 23.2 Å². The van der Waals surface area contributed by atoms with Crippen molar-refractivity contribution in [3.05, 3.63) is 33.5 Å². The van der Waals surface area contributed by atoms with Crippen LogP contribution in [0.3, 0.4) is 0 Å². The van der Waals surface area contributed by atoms with Gasteiger partial charge in [-0.3, -0.25) is 0 Å². The fraction of sp³-hybridized carbons (Fsp3) is 0.429. The zero-order chi connectivity index (χ0) is 13.9. The van der Waals surface area contributed by atoms with Gasteiger partial charge in [-0.15, -0.1) is 0 Å². The van der Waals surface area contributed by atoms with Crippen LogP contribution in [-0.2, 0) is 6.42 Å². The average Bonchev–Trinajstić information content (AvgIpc) is 2.91. The van der Waals surface area contributed by atoms with E-state index in [2.05, 4.69) is 31.4 Å². The van der Waals surface area contributed by atoms with Crippen molar-refractivity contribution in [1.29, 1.82) is 0 Å². The Balaban J connectivity index is 1.77. The van der Waals surface area contributed by atoms with E-state index in [0.29, 0.717) is 16.8 Å². The summed E-state index contributed by atoms with van der Waals surface area (Å²) in [6.07, 6.45) is 3.28. The second kappa shape index (κ2) is 6.24. The lowest BCUT2D eigenvalue weighted by Gasteiger charge is -2.20. The first kappa shape index (κ1) is 14.0. The Labute approximate surface area is 131 Å². The van der Waals surface area contributed by atoms with Crippen molar-refractivity contribution in [2.75, 3.05) is 13.1 Å². The Morgan fingerprint density at radius 3 is 3.15 bits per heavy atom. The van der Waals surface area contributed by atoms with E-state index in [1.807, 2.05) is 18.2 Å². The van der Waals surface area contributed by atoms with Gasteiger partial charge in [-0.05, 0) is 59.9 Å². The zero-order valence-corrected chi connectivity index (χ0v) is 13.2. The van der Waals surface area contributed by atoms with Crippen LogP contribution in [0.5, 0.6) is 0 Å². The van der Waals surface area contributed by atoms with Crippen LogP contribution in [0.2, 0.25) is 5.02 Å². The van der Waals surface area contributed by atoms with E-state index < -0.39 is 0 Å².